The van der Waals surface area contributed by atoms with E-state index < -0.39 is 41.7 Å². The number of aliphatic carboxylic acids is 1. The Labute approximate surface area is 81.4 Å². The fraction of sp³-hybridized carbons (Fsp3) is 0.250. The highest BCUT2D eigenvalue weighted by Crippen LogP contribution is 2.23. The topological polar surface area (TPSA) is 50.2 Å². The predicted molar refractivity (Wildman–Crippen MR) is 40.4 cm³/mol. The van der Waals surface area contributed by atoms with Gasteiger partial charge >= 0.3 is 5.97 Å². The Morgan fingerprint density at radius 2 is 2.00 bits per heavy atom. The van der Waals surface area contributed by atoms with Crippen LogP contribution in [-0.2, 0) is 11.2 Å². The SMILES string of the molecule is O=C(O)Cc1cnc(C(F)F)c(F)c1F. The highest BCUT2D eigenvalue weighted by molar-refractivity contribution is 5.70. The van der Waals surface area contributed by atoms with Crippen molar-refractivity contribution in [2.45, 2.75) is 12.8 Å². The van der Waals surface area contributed by atoms with E-state index in [2.05, 4.69) is 4.98 Å². The van der Waals surface area contributed by atoms with Gasteiger partial charge in [0.1, 0.15) is 5.69 Å². The van der Waals surface area contributed by atoms with Crippen LogP contribution in [0.2, 0.25) is 0 Å². The molecule has 0 radical (unpaired) electrons. The van der Waals surface area contributed by atoms with E-state index in [0.29, 0.717) is 6.20 Å². The van der Waals surface area contributed by atoms with E-state index in [1.807, 2.05) is 0 Å². The van der Waals surface area contributed by atoms with E-state index in [1.54, 1.807) is 0 Å². The first-order chi connectivity index (χ1) is 6.93. The minimum atomic E-state index is -3.24. The molecule has 0 aliphatic rings. The molecule has 1 rings (SSSR count). The number of nitrogens with zero attached hydrogens (tertiary/aromatic N) is 1. The molecule has 1 aromatic rings. The number of carboxylic acid groups (broad SMARTS) is 1. The molecule has 0 saturated carbocycles. The van der Waals surface area contributed by atoms with Crippen LogP contribution in [0.25, 0.3) is 0 Å². The number of hydrogen-bond donors (Lipinski definition) is 1. The van der Waals surface area contributed by atoms with Crippen molar-refractivity contribution in [2.75, 3.05) is 0 Å². The van der Waals surface area contributed by atoms with Crippen LogP contribution in [0.5, 0.6) is 0 Å². The summed E-state index contributed by atoms with van der Waals surface area (Å²) in [4.78, 5) is 13.1. The molecule has 0 bridgehead atoms. The van der Waals surface area contributed by atoms with E-state index in [0.717, 1.165) is 0 Å². The van der Waals surface area contributed by atoms with Gasteiger partial charge in [0.15, 0.2) is 11.6 Å². The largest absolute Gasteiger partial charge is 0.481 e. The van der Waals surface area contributed by atoms with E-state index in [1.165, 1.54) is 0 Å². The van der Waals surface area contributed by atoms with Crippen molar-refractivity contribution in [1.29, 1.82) is 0 Å². The summed E-state index contributed by atoms with van der Waals surface area (Å²) < 4.78 is 49.9. The van der Waals surface area contributed by atoms with Crippen LogP contribution in [0.3, 0.4) is 0 Å². The molecule has 82 valence electrons. The Morgan fingerprint density at radius 1 is 1.40 bits per heavy atom. The van der Waals surface area contributed by atoms with Crippen molar-refractivity contribution in [2.24, 2.45) is 0 Å². The number of halogens is 4. The van der Waals surface area contributed by atoms with E-state index in [4.69, 9.17) is 5.11 Å². The standard InChI is InChI=1S/C8H5F4NO2/c9-5-3(1-4(14)15)2-13-7(6(5)10)8(11)12/h2,8H,1H2,(H,14,15). The monoisotopic (exact) mass is 223 g/mol. The van der Waals surface area contributed by atoms with Crippen molar-refractivity contribution in [3.63, 3.8) is 0 Å². The van der Waals surface area contributed by atoms with Gasteiger partial charge in [0.2, 0.25) is 0 Å². The van der Waals surface area contributed by atoms with Crippen LogP contribution in [0.15, 0.2) is 6.20 Å². The smallest absolute Gasteiger partial charge is 0.307 e. The summed E-state index contributed by atoms with van der Waals surface area (Å²) >= 11 is 0. The summed E-state index contributed by atoms with van der Waals surface area (Å²) in [5, 5.41) is 8.30. The molecular weight excluding hydrogens is 218 g/mol. The lowest BCUT2D eigenvalue weighted by molar-refractivity contribution is -0.136. The van der Waals surface area contributed by atoms with Gasteiger partial charge in [-0.3, -0.25) is 9.78 Å². The molecule has 7 heteroatoms. The molecule has 0 aliphatic carbocycles. The van der Waals surface area contributed by atoms with Crippen LogP contribution in [0.1, 0.15) is 17.7 Å². The molecule has 0 atom stereocenters. The van der Waals surface area contributed by atoms with Gasteiger partial charge in [-0.15, -0.1) is 0 Å². The fourth-order valence-corrected chi connectivity index (χ4v) is 0.953. The third kappa shape index (κ3) is 2.42. The molecular formula is C8H5F4NO2. The first kappa shape index (κ1) is 11.4. The molecule has 1 N–H and O–H groups in total. The second-order valence-electron chi connectivity index (χ2n) is 2.67. The van der Waals surface area contributed by atoms with Crippen molar-refractivity contribution in [3.8, 4) is 0 Å². The van der Waals surface area contributed by atoms with Crippen molar-refractivity contribution in [3.05, 3.63) is 29.1 Å². The van der Waals surface area contributed by atoms with E-state index in [-0.39, 0.29) is 0 Å². The molecule has 0 aromatic carbocycles. The van der Waals surface area contributed by atoms with Crippen LogP contribution >= 0.6 is 0 Å². The summed E-state index contributed by atoms with van der Waals surface area (Å²) in [6, 6.07) is 0. The van der Waals surface area contributed by atoms with Crippen LogP contribution in [0, 0.1) is 11.6 Å². The number of pyridine rings is 1. The van der Waals surface area contributed by atoms with Crippen molar-refractivity contribution >= 4 is 5.97 Å². The lowest BCUT2D eigenvalue weighted by Crippen LogP contribution is -2.08. The number of alkyl halides is 2. The number of hydrogen-bond acceptors (Lipinski definition) is 2. The maximum absolute atomic E-state index is 13.0. The van der Waals surface area contributed by atoms with Gasteiger partial charge in [-0.2, -0.15) is 0 Å². The van der Waals surface area contributed by atoms with E-state index in [9.17, 15) is 22.4 Å². The van der Waals surface area contributed by atoms with E-state index >= 15 is 0 Å². The molecule has 1 aromatic heterocycles. The van der Waals surface area contributed by atoms with Gasteiger partial charge < -0.3 is 5.11 Å². The summed E-state index contributed by atoms with van der Waals surface area (Å²) in [7, 11) is 0. The van der Waals surface area contributed by atoms with Gasteiger partial charge in [0.25, 0.3) is 6.43 Å². The molecule has 0 spiro atoms. The third-order valence-electron chi connectivity index (χ3n) is 1.61. The highest BCUT2D eigenvalue weighted by atomic mass is 19.3. The molecule has 15 heavy (non-hydrogen) atoms. The number of aromatic nitrogens is 1. The Balaban J connectivity index is 3.15. The summed E-state index contributed by atoms with van der Waals surface area (Å²) in [6.45, 7) is 0. The van der Waals surface area contributed by atoms with Gasteiger partial charge in [-0.1, -0.05) is 0 Å². The Hall–Kier alpha value is -1.66. The minimum Gasteiger partial charge on any atom is -0.481 e. The Bertz CT molecular complexity index is 394. The van der Waals surface area contributed by atoms with Crippen molar-refractivity contribution < 1.29 is 27.5 Å². The second kappa shape index (κ2) is 4.24. The molecule has 3 nitrogen and oxygen atoms in total. The maximum atomic E-state index is 13.0. The summed E-state index contributed by atoms with van der Waals surface area (Å²) in [5.74, 6) is -4.80. The zero-order chi connectivity index (χ0) is 11.6. The summed E-state index contributed by atoms with van der Waals surface area (Å²) in [6.07, 6.45) is -3.45. The number of carbonyl (C=O) groups is 1. The summed E-state index contributed by atoms with van der Waals surface area (Å²) in [5.41, 5.74) is -1.88. The first-order valence-corrected chi connectivity index (χ1v) is 3.76. The molecule has 1 heterocycles. The lowest BCUT2D eigenvalue weighted by atomic mass is 10.2. The zero-order valence-electron chi connectivity index (χ0n) is 7.18. The Morgan fingerprint density at radius 3 is 2.47 bits per heavy atom. The lowest BCUT2D eigenvalue weighted by Gasteiger charge is -2.04. The zero-order valence-corrected chi connectivity index (χ0v) is 7.18. The van der Waals surface area contributed by atoms with Crippen LogP contribution in [-0.4, -0.2) is 16.1 Å². The first-order valence-electron chi connectivity index (χ1n) is 3.76. The van der Waals surface area contributed by atoms with Gasteiger partial charge in [-0.25, -0.2) is 17.6 Å². The van der Waals surface area contributed by atoms with Gasteiger partial charge in [-0.05, 0) is 0 Å². The molecule has 0 saturated heterocycles. The van der Waals surface area contributed by atoms with Crippen molar-refractivity contribution in [1.82, 2.24) is 4.98 Å². The van der Waals surface area contributed by atoms with Gasteiger partial charge in [0.05, 0.1) is 6.42 Å². The molecule has 0 fully saturated rings. The number of carboxylic acids is 1. The average Bonchev–Trinajstić information content (AvgIpc) is 2.12. The minimum absolute atomic E-state index is 0.565. The van der Waals surface area contributed by atoms with Crippen LogP contribution < -0.4 is 0 Å². The van der Waals surface area contributed by atoms with Crippen LogP contribution in [0.4, 0.5) is 17.6 Å². The van der Waals surface area contributed by atoms with Gasteiger partial charge in [0, 0.05) is 11.8 Å². The second-order valence-corrected chi connectivity index (χ2v) is 2.67. The third-order valence-corrected chi connectivity index (χ3v) is 1.61. The fourth-order valence-electron chi connectivity index (χ4n) is 0.953. The predicted octanol–water partition coefficient (Wildman–Crippen LogP) is 1.92. The molecule has 0 unspecified atom stereocenters. The quantitative estimate of drug-likeness (QED) is 0.796. The maximum Gasteiger partial charge on any atom is 0.307 e. The average molecular weight is 223 g/mol. The highest BCUT2D eigenvalue weighted by Gasteiger charge is 2.22. The normalized spacial score (nSPS) is 10.7. The Kier molecular flexibility index (Phi) is 3.23. The molecule has 0 aliphatic heterocycles. The number of rotatable bonds is 3. The molecule has 0 amide bonds.